The first kappa shape index (κ1) is 23.0. The molecule has 1 saturated carbocycles. The van der Waals surface area contributed by atoms with Crippen LogP contribution < -0.4 is 5.32 Å². The fourth-order valence-electron chi connectivity index (χ4n) is 4.27. The Bertz CT molecular complexity index is 1300. The number of halogens is 5. The lowest BCUT2D eigenvalue weighted by Crippen LogP contribution is -2.42. The van der Waals surface area contributed by atoms with Gasteiger partial charge >= 0.3 is 6.18 Å². The molecule has 1 atom stereocenters. The summed E-state index contributed by atoms with van der Waals surface area (Å²) in [4.78, 5) is 17.2. The molecule has 176 valence electrons. The molecule has 1 heterocycles. The van der Waals surface area contributed by atoms with Gasteiger partial charge in [0.2, 0.25) is 5.91 Å². The van der Waals surface area contributed by atoms with Crippen LogP contribution in [0.2, 0.25) is 10.0 Å². The number of amides is 1. The highest BCUT2D eigenvalue weighted by Gasteiger charge is 2.62. The molecule has 34 heavy (non-hydrogen) atoms. The molecule has 3 aromatic carbocycles. The highest BCUT2D eigenvalue weighted by atomic mass is 35.5. The summed E-state index contributed by atoms with van der Waals surface area (Å²) < 4.78 is 43.1. The number of fused-ring (bicyclic) bond motifs is 1. The van der Waals surface area contributed by atoms with Crippen LogP contribution in [0, 0.1) is 5.92 Å². The molecule has 0 bridgehead atoms. The molecule has 1 aliphatic carbocycles. The summed E-state index contributed by atoms with van der Waals surface area (Å²) in [6.45, 7) is 0.340. The van der Waals surface area contributed by atoms with Crippen molar-refractivity contribution in [3.8, 4) is 0 Å². The maximum absolute atomic E-state index is 14.4. The Balaban J connectivity index is 1.50. The van der Waals surface area contributed by atoms with E-state index in [0.717, 1.165) is 29.2 Å². The van der Waals surface area contributed by atoms with E-state index in [0.29, 0.717) is 12.1 Å². The molecule has 1 aliphatic heterocycles. The number of nitrogens with one attached hydrogen (secondary N) is 1. The van der Waals surface area contributed by atoms with Gasteiger partial charge in [-0.05, 0) is 47.4 Å². The van der Waals surface area contributed by atoms with E-state index in [1.165, 1.54) is 18.2 Å². The summed E-state index contributed by atoms with van der Waals surface area (Å²) in [6.07, 6.45) is -3.49. The van der Waals surface area contributed by atoms with Crippen molar-refractivity contribution in [2.45, 2.75) is 37.6 Å². The monoisotopic (exact) mass is 506 g/mol. The largest absolute Gasteiger partial charge is 0.435 e. The summed E-state index contributed by atoms with van der Waals surface area (Å²) in [7, 11) is 0. The molecular weight excluding hydrogens is 488 g/mol. The number of carbonyl (C=O) groups excluding carboxylic acids is 1. The van der Waals surface area contributed by atoms with Crippen molar-refractivity contribution in [1.82, 2.24) is 5.32 Å². The highest BCUT2D eigenvalue weighted by molar-refractivity contribution is 6.34. The third-order valence-corrected chi connectivity index (χ3v) is 6.68. The predicted octanol–water partition coefficient (Wildman–Crippen LogP) is 6.76. The quantitative estimate of drug-likeness (QED) is 0.415. The lowest BCUT2D eigenvalue weighted by Gasteiger charge is -2.29. The van der Waals surface area contributed by atoms with E-state index in [2.05, 4.69) is 10.5 Å². The molecule has 1 N–H and O–H groups in total. The average molecular weight is 507 g/mol. The van der Waals surface area contributed by atoms with Gasteiger partial charge in [0, 0.05) is 40.1 Å². The van der Waals surface area contributed by atoms with Crippen LogP contribution >= 0.6 is 23.2 Å². The number of hydrogen-bond donors (Lipinski definition) is 1. The SMILES string of the molecule is O=C(NCc1ccc(C2=NOC(c3cc(Cl)cc(Cl)c3)(C(F)(F)F)C2)c2ccccc12)C1CC1. The van der Waals surface area contributed by atoms with E-state index >= 15 is 0 Å². The standard InChI is InChI=1S/C25H19Cl2F3N2O2/c26-17-9-16(10-18(27)11-17)24(25(28,29)30)12-22(32-34-24)21-8-7-15(13-31-23(33)14-5-6-14)19-3-1-2-4-20(19)21/h1-4,7-11,14H,5-6,12-13H2,(H,31,33). The van der Waals surface area contributed by atoms with E-state index < -0.39 is 18.2 Å². The Morgan fingerprint density at radius 2 is 1.74 bits per heavy atom. The molecule has 1 amide bonds. The zero-order valence-corrected chi connectivity index (χ0v) is 19.3. The smallest absolute Gasteiger partial charge is 0.374 e. The molecule has 0 saturated heterocycles. The van der Waals surface area contributed by atoms with Crippen LogP contribution in [0.5, 0.6) is 0 Å². The summed E-state index contributed by atoms with van der Waals surface area (Å²) in [5.74, 6) is 0.114. The second kappa shape index (κ2) is 8.47. The summed E-state index contributed by atoms with van der Waals surface area (Å²) in [5.41, 5.74) is -1.34. The van der Waals surface area contributed by atoms with Gasteiger partial charge in [-0.3, -0.25) is 4.79 Å². The van der Waals surface area contributed by atoms with Crippen molar-refractivity contribution in [2.24, 2.45) is 11.1 Å². The van der Waals surface area contributed by atoms with Crippen LogP contribution in [0.4, 0.5) is 13.2 Å². The number of carbonyl (C=O) groups is 1. The van der Waals surface area contributed by atoms with Crippen LogP contribution in [0.25, 0.3) is 10.8 Å². The van der Waals surface area contributed by atoms with Crippen LogP contribution in [-0.2, 0) is 21.8 Å². The highest BCUT2D eigenvalue weighted by Crippen LogP contribution is 2.50. The Morgan fingerprint density at radius 3 is 2.38 bits per heavy atom. The minimum Gasteiger partial charge on any atom is -0.374 e. The van der Waals surface area contributed by atoms with E-state index in [-0.39, 0.29) is 33.1 Å². The van der Waals surface area contributed by atoms with Gasteiger partial charge in [-0.1, -0.05) is 64.8 Å². The number of alkyl halides is 3. The molecule has 1 unspecified atom stereocenters. The fraction of sp³-hybridized carbons (Fsp3) is 0.280. The van der Waals surface area contributed by atoms with Crippen molar-refractivity contribution < 1.29 is 22.8 Å². The summed E-state index contributed by atoms with van der Waals surface area (Å²) in [6, 6.07) is 14.6. The van der Waals surface area contributed by atoms with Gasteiger partial charge < -0.3 is 10.2 Å². The first-order valence-corrected chi connectivity index (χ1v) is 11.5. The Labute approximate surface area is 203 Å². The minimum atomic E-state index is -4.77. The van der Waals surface area contributed by atoms with E-state index in [1.807, 2.05) is 24.3 Å². The molecule has 4 nitrogen and oxygen atoms in total. The zero-order valence-electron chi connectivity index (χ0n) is 17.8. The molecule has 2 aliphatic rings. The van der Waals surface area contributed by atoms with Gasteiger partial charge in [-0.25, -0.2) is 0 Å². The van der Waals surface area contributed by atoms with Crippen molar-refractivity contribution >= 4 is 45.6 Å². The number of oxime groups is 1. The molecule has 3 aromatic rings. The Kier molecular flexibility index (Phi) is 5.73. The van der Waals surface area contributed by atoms with Gasteiger partial charge in [0.25, 0.3) is 5.60 Å². The van der Waals surface area contributed by atoms with Gasteiger partial charge in [0.1, 0.15) is 0 Å². The number of hydrogen-bond acceptors (Lipinski definition) is 3. The van der Waals surface area contributed by atoms with E-state index in [4.69, 9.17) is 28.0 Å². The lowest BCUT2D eigenvalue weighted by atomic mass is 9.85. The third-order valence-electron chi connectivity index (χ3n) is 6.24. The molecule has 0 aromatic heterocycles. The van der Waals surface area contributed by atoms with Crippen LogP contribution in [0.3, 0.4) is 0 Å². The van der Waals surface area contributed by atoms with Crippen LogP contribution in [-0.4, -0.2) is 17.8 Å². The first-order valence-electron chi connectivity index (χ1n) is 10.7. The van der Waals surface area contributed by atoms with Crippen molar-refractivity contribution in [3.63, 3.8) is 0 Å². The number of benzene rings is 3. The first-order chi connectivity index (χ1) is 16.2. The Hall–Kier alpha value is -2.77. The number of rotatable bonds is 5. The summed E-state index contributed by atoms with van der Waals surface area (Å²) >= 11 is 12.0. The normalized spacial score (nSPS) is 20.2. The maximum atomic E-state index is 14.4. The Morgan fingerprint density at radius 1 is 1.06 bits per heavy atom. The van der Waals surface area contributed by atoms with Gasteiger partial charge in [-0.15, -0.1) is 0 Å². The van der Waals surface area contributed by atoms with E-state index in [1.54, 1.807) is 12.1 Å². The topological polar surface area (TPSA) is 50.7 Å². The van der Waals surface area contributed by atoms with Crippen molar-refractivity contribution in [3.05, 3.63) is 81.3 Å². The fourth-order valence-corrected chi connectivity index (χ4v) is 4.80. The van der Waals surface area contributed by atoms with Crippen LogP contribution in [0.1, 0.15) is 36.0 Å². The molecule has 0 radical (unpaired) electrons. The third kappa shape index (κ3) is 4.12. The summed E-state index contributed by atoms with van der Waals surface area (Å²) in [5, 5.41) is 8.53. The second-order valence-electron chi connectivity index (χ2n) is 8.60. The average Bonchev–Trinajstić information content (AvgIpc) is 3.54. The lowest BCUT2D eigenvalue weighted by molar-refractivity contribution is -0.275. The van der Waals surface area contributed by atoms with E-state index in [9.17, 15) is 18.0 Å². The van der Waals surface area contributed by atoms with Gasteiger partial charge in [0.05, 0.1) is 5.71 Å². The number of nitrogens with zero attached hydrogens (tertiary/aromatic N) is 1. The van der Waals surface area contributed by atoms with Gasteiger partial charge in [0.15, 0.2) is 0 Å². The molecule has 5 rings (SSSR count). The predicted molar refractivity (Wildman–Crippen MR) is 125 cm³/mol. The zero-order chi connectivity index (χ0) is 24.1. The molecule has 0 spiro atoms. The second-order valence-corrected chi connectivity index (χ2v) is 9.47. The minimum absolute atomic E-state index is 0.0249. The molecular formula is C25H19Cl2F3N2O2. The van der Waals surface area contributed by atoms with Crippen LogP contribution in [0.15, 0.2) is 59.8 Å². The van der Waals surface area contributed by atoms with Crippen molar-refractivity contribution in [1.29, 1.82) is 0 Å². The van der Waals surface area contributed by atoms with Gasteiger partial charge in [-0.2, -0.15) is 13.2 Å². The van der Waals surface area contributed by atoms with Crippen molar-refractivity contribution in [2.75, 3.05) is 0 Å². The maximum Gasteiger partial charge on any atom is 0.435 e. The molecule has 9 heteroatoms. The molecule has 1 fully saturated rings.